The van der Waals surface area contributed by atoms with Gasteiger partial charge in [0.05, 0.1) is 26.0 Å². The maximum absolute atomic E-state index is 14.6. The maximum Gasteiger partial charge on any atom is 0.304 e. The number of fused-ring (bicyclic) bond motifs is 5. The van der Waals surface area contributed by atoms with Gasteiger partial charge in [0.2, 0.25) is 10.0 Å². The number of amides is 1. The van der Waals surface area contributed by atoms with Crippen molar-refractivity contribution >= 4 is 37.0 Å². The molecule has 1 saturated carbocycles. The highest BCUT2D eigenvalue weighted by Crippen LogP contribution is 2.49. The third-order valence-corrected chi connectivity index (χ3v) is 14.9. The normalized spacial score (nSPS) is 22.9. The minimum atomic E-state index is -4.07. The lowest BCUT2D eigenvalue weighted by Gasteiger charge is -2.33. The summed E-state index contributed by atoms with van der Waals surface area (Å²) in [5, 5.41) is 0.975. The molecule has 1 amide bonds. The number of benzene rings is 2. The fourth-order valence-electron chi connectivity index (χ4n) is 8.27. The van der Waals surface area contributed by atoms with Crippen molar-refractivity contribution in [1.82, 2.24) is 17.9 Å². The van der Waals surface area contributed by atoms with Crippen LogP contribution in [-0.2, 0) is 37.9 Å². The number of hydrogen-bond acceptors (Lipinski definition) is 7. The van der Waals surface area contributed by atoms with Crippen LogP contribution in [0.25, 0.3) is 22.2 Å². The van der Waals surface area contributed by atoms with Crippen LogP contribution < -0.4 is 9.46 Å². The third-order valence-electron chi connectivity index (χ3n) is 10.9. The lowest BCUT2D eigenvalue weighted by Crippen LogP contribution is -2.49. The van der Waals surface area contributed by atoms with Gasteiger partial charge < -0.3 is 14.0 Å². The lowest BCUT2D eigenvalue weighted by atomic mass is 9.81. The van der Waals surface area contributed by atoms with E-state index in [0.29, 0.717) is 25.3 Å². The van der Waals surface area contributed by atoms with Crippen LogP contribution in [0.5, 0.6) is 5.75 Å². The largest absolute Gasteiger partial charge is 0.497 e. The lowest BCUT2D eigenvalue weighted by molar-refractivity contribution is 0.0719. The smallest absolute Gasteiger partial charge is 0.304 e. The van der Waals surface area contributed by atoms with Crippen LogP contribution in [0, 0.1) is 5.92 Å². The SMILES string of the molecule is CC.CC.COc1ccc2c(c1)CC(C)(S(=O)(=O)N1CCC(C)C1)Cn1c-2c(C2CCCCC2)c2ccc(C(=O)NS(=O)(=O)N3CCOCC3)cc21. The Kier molecular flexibility index (Phi) is 12.8. The zero-order valence-electron chi connectivity index (χ0n) is 32.0. The Morgan fingerprint density at radius 3 is 2.23 bits per heavy atom. The minimum Gasteiger partial charge on any atom is -0.497 e. The van der Waals surface area contributed by atoms with Crippen molar-refractivity contribution in [2.24, 2.45) is 5.92 Å². The van der Waals surface area contributed by atoms with Crippen LogP contribution in [0.2, 0.25) is 0 Å². The molecule has 13 heteroatoms. The standard InChI is InChI=1S/C35H46N4O7S2.2C2H6/c1-24-13-14-38(22-24)47(41,42)35(2)21-27-19-28(45-3)10-12-29(27)33-32(25-7-5-4-6-8-25)30-11-9-26(20-31(30)39(33)23-35)34(40)36-48(43,44)37-15-17-46-18-16-37;2*1-2/h9-12,19-20,24-25H,4-8,13-18,21-23H2,1-3H3,(H,36,40);2*1-2H3. The van der Waals surface area contributed by atoms with Gasteiger partial charge in [0, 0.05) is 54.8 Å². The number of ether oxygens (including phenoxy) is 2. The van der Waals surface area contributed by atoms with E-state index in [4.69, 9.17) is 9.47 Å². The first kappa shape index (κ1) is 40.2. The van der Waals surface area contributed by atoms with Crippen molar-refractivity contribution in [2.75, 3.05) is 46.5 Å². The molecule has 1 aromatic heterocycles. The molecule has 2 atom stereocenters. The molecule has 2 unspecified atom stereocenters. The molecule has 3 aromatic rings. The van der Waals surface area contributed by atoms with Crippen LogP contribution in [0.15, 0.2) is 36.4 Å². The van der Waals surface area contributed by atoms with Crippen molar-refractivity contribution in [2.45, 2.75) is 104 Å². The molecule has 1 N–H and O–H groups in total. The van der Waals surface area contributed by atoms with Gasteiger partial charge in [-0.15, -0.1) is 0 Å². The van der Waals surface area contributed by atoms with Crippen LogP contribution >= 0.6 is 0 Å². The molecule has 288 valence electrons. The van der Waals surface area contributed by atoms with Crippen molar-refractivity contribution in [3.63, 3.8) is 0 Å². The van der Waals surface area contributed by atoms with E-state index in [-0.39, 0.29) is 50.2 Å². The van der Waals surface area contributed by atoms with E-state index in [1.165, 1.54) is 16.3 Å². The summed E-state index contributed by atoms with van der Waals surface area (Å²) in [6.07, 6.45) is 6.60. The summed E-state index contributed by atoms with van der Waals surface area (Å²) in [5.74, 6) is 0.511. The van der Waals surface area contributed by atoms with Gasteiger partial charge in [-0.1, -0.05) is 59.9 Å². The Balaban J connectivity index is 0.00000126. The molecule has 2 saturated heterocycles. The first-order chi connectivity index (χ1) is 24.9. The van der Waals surface area contributed by atoms with Gasteiger partial charge >= 0.3 is 10.2 Å². The number of nitrogens with one attached hydrogen (secondary N) is 1. The van der Waals surface area contributed by atoms with Gasteiger partial charge in [-0.25, -0.2) is 17.4 Å². The molecule has 4 aliphatic rings. The summed E-state index contributed by atoms with van der Waals surface area (Å²) in [5.41, 5.74) is 5.00. The first-order valence-electron chi connectivity index (χ1n) is 19.1. The molecule has 1 aliphatic carbocycles. The van der Waals surface area contributed by atoms with Gasteiger partial charge in [-0.3, -0.25) is 4.79 Å². The summed E-state index contributed by atoms with van der Waals surface area (Å²) >= 11 is 0. The van der Waals surface area contributed by atoms with E-state index in [1.807, 2.05) is 58.9 Å². The van der Waals surface area contributed by atoms with Gasteiger partial charge in [-0.05, 0) is 85.9 Å². The Morgan fingerprint density at radius 2 is 1.60 bits per heavy atom. The molecule has 7 rings (SSSR count). The van der Waals surface area contributed by atoms with Crippen molar-refractivity contribution < 1.29 is 31.1 Å². The molecule has 2 aromatic carbocycles. The number of methoxy groups -OCH3 is 1. The first-order valence-corrected chi connectivity index (χ1v) is 22.0. The Morgan fingerprint density at radius 1 is 0.904 bits per heavy atom. The van der Waals surface area contributed by atoms with Crippen LogP contribution in [0.1, 0.15) is 107 Å². The average Bonchev–Trinajstić information content (AvgIpc) is 3.71. The second-order valence-corrected chi connectivity index (χ2v) is 18.4. The molecule has 0 bridgehead atoms. The summed E-state index contributed by atoms with van der Waals surface area (Å²) in [4.78, 5) is 13.6. The number of hydrogen-bond donors (Lipinski definition) is 1. The molecule has 0 spiro atoms. The quantitative estimate of drug-likeness (QED) is 0.284. The number of aromatic nitrogens is 1. The number of rotatable bonds is 7. The molecule has 3 fully saturated rings. The van der Waals surface area contributed by atoms with Gasteiger partial charge in [-0.2, -0.15) is 12.7 Å². The van der Waals surface area contributed by atoms with Crippen molar-refractivity contribution in [3.05, 3.63) is 53.1 Å². The van der Waals surface area contributed by atoms with E-state index in [9.17, 15) is 21.6 Å². The zero-order valence-corrected chi connectivity index (χ0v) is 33.7. The number of carbonyl (C=O) groups is 1. The maximum atomic E-state index is 14.6. The molecular formula is C39H58N4O7S2. The Labute approximate surface area is 311 Å². The predicted molar refractivity (Wildman–Crippen MR) is 208 cm³/mol. The van der Waals surface area contributed by atoms with Crippen molar-refractivity contribution in [3.8, 4) is 17.0 Å². The molecule has 0 radical (unpaired) electrons. The number of sulfonamides is 1. The Bertz CT molecular complexity index is 1950. The highest BCUT2D eigenvalue weighted by molar-refractivity contribution is 7.90. The van der Waals surface area contributed by atoms with E-state index >= 15 is 0 Å². The fourth-order valence-corrected chi connectivity index (χ4v) is 11.4. The third kappa shape index (κ3) is 7.66. The van der Waals surface area contributed by atoms with E-state index < -0.39 is 30.9 Å². The second kappa shape index (κ2) is 16.6. The fraction of sp³-hybridized carbons (Fsp3) is 0.615. The van der Waals surface area contributed by atoms with E-state index in [0.717, 1.165) is 59.8 Å². The molecule has 52 heavy (non-hydrogen) atoms. The monoisotopic (exact) mass is 758 g/mol. The van der Waals surface area contributed by atoms with E-state index in [2.05, 4.69) is 16.2 Å². The topological polar surface area (TPSA) is 127 Å². The van der Waals surface area contributed by atoms with Gasteiger partial charge in [0.1, 0.15) is 10.5 Å². The predicted octanol–water partition coefficient (Wildman–Crippen LogP) is 6.71. The number of carbonyl (C=O) groups excluding carboxylic acids is 1. The van der Waals surface area contributed by atoms with Crippen LogP contribution in [0.3, 0.4) is 0 Å². The molecule has 4 heterocycles. The van der Waals surface area contributed by atoms with Gasteiger partial charge in [0.25, 0.3) is 5.91 Å². The highest BCUT2D eigenvalue weighted by Gasteiger charge is 2.48. The van der Waals surface area contributed by atoms with Crippen LogP contribution in [0.4, 0.5) is 0 Å². The van der Waals surface area contributed by atoms with E-state index in [1.54, 1.807) is 23.5 Å². The average molecular weight is 759 g/mol. The highest BCUT2D eigenvalue weighted by atomic mass is 32.2. The van der Waals surface area contributed by atoms with Gasteiger partial charge in [0.15, 0.2) is 0 Å². The zero-order chi connectivity index (χ0) is 37.8. The molecular weight excluding hydrogens is 701 g/mol. The van der Waals surface area contributed by atoms with Crippen LogP contribution in [-0.4, -0.2) is 87.2 Å². The molecule has 11 nitrogen and oxygen atoms in total. The summed E-state index contributed by atoms with van der Waals surface area (Å²) < 4.78 is 72.5. The minimum absolute atomic E-state index is 0.172. The summed E-state index contributed by atoms with van der Waals surface area (Å²) in [6.45, 7) is 14.0. The molecule has 3 aliphatic heterocycles. The number of nitrogens with zero attached hydrogens (tertiary/aromatic N) is 3. The summed E-state index contributed by atoms with van der Waals surface area (Å²) in [6, 6.07) is 11.3. The summed E-state index contributed by atoms with van der Waals surface area (Å²) in [7, 11) is -6.22. The van der Waals surface area contributed by atoms with Crippen molar-refractivity contribution in [1.29, 1.82) is 0 Å². The number of morpholine rings is 1. The second-order valence-electron chi connectivity index (χ2n) is 14.3. The Hall–Kier alpha value is -2.97.